The molecule has 18 heavy (non-hydrogen) atoms. The number of ether oxygens (including phenoxy) is 1. The molecular formula is C13H25N3O2. The van der Waals surface area contributed by atoms with Gasteiger partial charge in [0.15, 0.2) is 0 Å². The van der Waals surface area contributed by atoms with Crippen LogP contribution < -0.4 is 11.1 Å². The van der Waals surface area contributed by atoms with E-state index in [0.717, 1.165) is 38.5 Å². The van der Waals surface area contributed by atoms with E-state index in [0.29, 0.717) is 6.54 Å². The van der Waals surface area contributed by atoms with Crippen molar-refractivity contribution in [3.8, 4) is 0 Å². The Labute approximate surface area is 109 Å². The normalized spacial score (nSPS) is 27.7. The second-order valence-electron chi connectivity index (χ2n) is 5.21. The fourth-order valence-electron chi connectivity index (χ4n) is 2.55. The van der Waals surface area contributed by atoms with Gasteiger partial charge in [0, 0.05) is 25.7 Å². The zero-order chi connectivity index (χ0) is 13.0. The predicted molar refractivity (Wildman–Crippen MR) is 70.2 cm³/mol. The van der Waals surface area contributed by atoms with Gasteiger partial charge < -0.3 is 15.8 Å². The second-order valence-corrected chi connectivity index (χ2v) is 5.21. The third-order valence-corrected chi connectivity index (χ3v) is 3.83. The molecule has 2 atom stereocenters. The molecule has 1 aliphatic carbocycles. The van der Waals surface area contributed by atoms with E-state index >= 15 is 0 Å². The van der Waals surface area contributed by atoms with Crippen LogP contribution in [-0.2, 0) is 9.53 Å². The molecule has 0 bridgehead atoms. The number of carbonyl (C=O) groups is 1. The lowest BCUT2D eigenvalue weighted by Crippen LogP contribution is -2.40. The largest absolute Gasteiger partial charge is 0.364 e. The molecule has 1 amide bonds. The number of hydrogen-bond donors (Lipinski definition) is 2. The summed E-state index contributed by atoms with van der Waals surface area (Å²) in [5.74, 6) is 0.0257. The summed E-state index contributed by atoms with van der Waals surface area (Å²) in [5, 5.41) is 2.97. The summed E-state index contributed by atoms with van der Waals surface area (Å²) >= 11 is 0. The molecule has 0 aromatic rings. The third-order valence-electron chi connectivity index (χ3n) is 3.83. The summed E-state index contributed by atoms with van der Waals surface area (Å²) in [5.41, 5.74) is 5.53. The Bertz CT molecular complexity index is 281. The quantitative estimate of drug-likeness (QED) is 0.677. The highest BCUT2D eigenvalue weighted by Gasteiger charge is 2.30. The molecule has 1 heterocycles. The average Bonchev–Trinajstić information content (AvgIpc) is 3.10. The first-order valence-electron chi connectivity index (χ1n) is 7.12. The molecule has 2 aliphatic rings. The Morgan fingerprint density at radius 3 is 2.72 bits per heavy atom. The summed E-state index contributed by atoms with van der Waals surface area (Å²) in [6.07, 6.45) is 4.11. The van der Waals surface area contributed by atoms with Gasteiger partial charge in [-0.15, -0.1) is 0 Å². The number of nitrogens with two attached hydrogens (primary N) is 1. The summed E-state index contributed by atoms with van der Waals surface area (Å²) < 4.78 is 5.57. The number of amides is 1. The van der Waals surface area contributed by atoms with Crippen LogP contribution in [0.5, 0.6) is 0 Å². The van der Waals surface area contributed by atoms with Crippen molar-refractivity contribution in [1.29, 1.82) is 0 Å². The number of likely N-dealkylation sites (N-methyl/N-ethyl adjacent to an activating group) is 1. The van der Waals surface area contributed by atoms with E-state index < -0.39 is 0 Å². The van der Waals surface area contributed by atoms with E-state index in [1.807, 2.05) is 0 Å². The number of nitrogens with one attached hydrogen (secondary N) is 1. The van der Waals surface area contributed by atoms with Gasteiger partial charge in [0.25, 0.3) is 0 Å². The fraction of sp³-hybridized carbons (Fsp3) is 0.923. The molecule has 0 aromatic heterocycles. The van der Waals surface area contributed by atoms with Crippen LogP contribution >= 0.6 is 0 Å². The van der Waals surface area contributed by atoms with Gasteiger partial charge in [-0.25, -0.2) is 0 Å². The summed E-state index contributed by atoms with van der Waals surface area (Å²) in [4.78, 5) is 14.3. The van der Waals surface area contributed by atoms with Crippen molar-refractivity contribution < 1.29 is 9.53 Å². The molecule has 104 valence electrons. The Morgan fingerprint density at radius 2 is 2.17 bits per heavy atom. The smallest absolute Gasteiger partial charge is 0.249 e. The minimum Gasteiger partial charge on any atom is -0.364 e. The summed E-state index contributed by atoms with van der Waals surface area (Å²) in [7, 11) is 0. The monoisotopic (exact) mass is 255 g/mol. The van der Waals surface area contributed by atoms with Gasteiger partial charge in [0.05, 0.1) is 6.10 Å². The maximum atomic E-state index is 11.9. The molecule has 1 saturated heterocycles. The van der Waals surface area contributed by atoms with Crippen LogP contribution in [0.25, 0.3) is 0 Å². The van der Waals surface area contributed by atoms with Gasteiger partial charge >= 0.3 is 0 Å². The topological polar surface area (TPSA) is 67.6 Å². The van der Waals surface area contributed by atoms with Crippen LogP contribution in [0.4, 0.5) is 0 Å². The molecular weight excluding hydrogens is 230 g/mol. The van der Waals surface area contributed by atoms with E-state index in [1.54, 1.807) is 0 Å². The molecule has 1 saturated carbocycles. The first-order chi connectivity index (χ1) is 8.74. The molecule has 5 nitrogen and oxygen atoms in total. The van der Waals surface area contributed by atoms with Crippen molar-refractivity contribution in [3.05, 3.63) is 0 Å². The van der Waals surface area contributed by atoms with Crippen molar-refractivity contribution in [3.63, 3.8) is 0 Å². The maximum absolute atomic E-state index is 11.9. The molecule has 1 aliphatic heterocycles. The fourth-order valence-corrected chi connectivity index (χ4v) is 2.55. The minimum atomic E-state index is -0.283. The third kappa shape index (κ3) is 3.67. The predicted octanol–water partition coefficient (Wildman–Crippen LogP) is 0.0932. The number of rotatable bonds is 7. The zero-order valence-electron chi connectivity index (χ0n) is 11.2. The molecule has 2 rings (SSSR count). The molecule has 2 fully saturated rings. The van der Waals surface area contributed by atoms with Crippen molar-refractivity contribution in [2.45, 2.75) is 50.9 Å². The van der Waals surface area contributed by atoms with Gasteiger partial charge in [0.1, 0.15) is 6.10 Å². The molecule has 0 unspecified atom stereocenters. The lowest BCUT2D eigenvalue weighted by molar-refractivity contribution is -0.131. The van der Waals surface area contributed by atoms with Gasteiger partial charge in [-0.1, -0.05) is 6.92 Å². The van der Waals surface area contributed by atoms with Gasteiger partial charge in [0.2, 0.25) is 5.91 Å². The highest BCUT2D eigenvalue weighted by Crippen LogP contribution is 2.25. The van der Waals surface area contributed by atoms with E-state index in [2.05, 4.69) is 17.1 Å². The van der Waals surface area contributed by atoms with E-state index in [9.17, 15) is 4.79 Å². The van der Waals surface area contributed by atoms with Crippen molar-refractivity contribution in [2.75, 3.05) is 26.2 Å². The Balaban J connectivity index is 1.62. The van der Waals surface area contributed by atoms with Crippen LogP contribution in [0.2, 0.25) is 0 Å². The first-order valence-corrected chi connectivity index (χ1v) is 7.12. The molecule has 3 N–H and O–H groups in total. The van der Waals surface area contributed by atoms with Crippen molar-refractivity contribution >= 4 is 5.91 Å². The lowest BCUT2D eigenvalue weighted by Gasteiger charge is -2.20. The van der Waals surface area contributed by atoms with Crippen molar-refractivity contribution in [1.82, 2.24) is 10.2 Å². The van der Waals surface area contributed by atoms with Crippen LogP contribution in [0.3, 0.4) is 0 Å². The number of nitrogens with zero attached hydrogens (tertiary/aromatic N) is 1. The molecule has 0 spiro atoms. The Hall–Kier alpha value is -0.650. The summed E-state index contributed by atoms with van der Waals surface area (Å²) in [6.45, 7) is 5.41. The second kappa shape index (κ2) is 6.50. The maximum Gasteiger partial charge on any atom is 0.249 e. The van der Waals surface area contributed by atoms with Gasteiger partial charge in [-0.05, 0) is 32.2 Å². The van der Waals surface area contributed by atoms with Gasteiger partial charge in [-0.2, -0.15) is 0 Å². The standard InChI is InChI=1S/C13H25N3O2/c1-2-16(10-3-4-10)8-7-15-13(17)12-6-5-11(9-14)18-12/h10-12H,2-9,14H2,1H3,(H,15,17)/t11-,12+/m1/s1. The Kier molecular flexibility index (Phi) is 4.97. The van der Waals surface area contributed by atoms with Crippen molar-refractivity contribution in [2.24, 2.45) is 5.73 Å². The van der Waals surface area contributed by atoms with Crippen LogP contribution in [0.1, 0.15) is 32.6 Å². The zero-order valence-corrected chi connectivity index (χ0v) is 11.2. The average molecular weight is 255 g/mol. The van der Waals surface area contributed by atoms with Crippen LogP contribution in [0, 0.1) is 0 Å². The number of hydrogen-bond acceptors (Lipinski definition) is 4. The summed E-state index contributed by atoms with van der Waals surface area (Å²) in [6, 6.07) is 0.760. The van der Waals surface area contributed by atoms with E-state index in [1.165, 1.54) is 12.8 Å². The van der Waals surface area contributed by atoms with Gasteiger partial charge in [-0.3, -0.25) is 9.69 Å². The molecule has 0 aromatic carbocycles. The lowest BCUT2D eigenvalue weighted by atomic mass is 10.2. The van der Waals surface area contributed by atoms with Crippen LogP contribution in [0.15, 0.2) is 0 Å². The molecule has 0 radical (unpaired) electrons. The van der Waals surface area contributed by atoms with E-state index in [-0.39, 0.29) is 18.1 Å². The van der Waals surface area contributed by atoms with E-state index in [4.69, 9.17) is 10.5 Å². The van der Waals surface area contributed by atoms with Crippen LogP contribution in [-0.4, -0.2) is 55.2 Å². The first kappa shape index (κ1) is 13.8. The Morgan fingerprint density at radius 1 is 1.39 bits per heavy atom. The highest BCUT2D eigenvalue weighted by molar-refractivity contribution is 5.81. The SMILES string of the molecule is CCN(CCNC(=O)[C@@H]1CC[C@H](CN)O1)C1CC1. The minimum absolute atomic E-state index is 0.0257. The number of carbonyl (C=O) groups excluding carboxylic acids is 1. The highest BCUT2D eigenvalue weighted by atomic mass is 16.5. The molecule has 5 heteroatoms.